The Bertz CT molecular complexity index is 1140. The predicted molar refractivity (Wildman–Crippen MR) is 116 cm³/mol. The number of aliphatic hydroxyl groups is 1. The molecule has 3 rings (SSSR count). The molecular weight excluding hydrogens is 459 g/mol. The molecule has 1 heterocycles. The topological polar surface area (TPSA) is 122 Å². The molecule has 0 aliphatic carbocycles. The molecule has 0 radical (unpaired) electrons. The minimum Gasteiger partial charge on any atom is -0.394 e. The number of aliphatic hydroxyl groups excluding tert-OH is 1. The second kappa shape index (κ2) is 10.4. The molecule has 3 N–H and O–H groups in total. The molecule has 0 unspecified atom stereocenters. The van der Waals surface area contributed by atoms with Gasteiger partial charge >= 0.3 is 0 Å². The molecule has 0 amide bonds. The van der Waals surface area contributed by atoms with Gasteiger partial charge in [-0.15, -0.1) is 0 Å². The van der Waals surface area contributed by atoms with Crippen molar-refractivity contribution in [2.24, 2.45) is 0 Å². The third kappa shape index (κ3) is 6.12. The van der Waals surface area contributed by atoms with Gasteiger partial charge < -0.3 is 9.84 Å². The first-order valence-electron chi connectivity index (χ1n) is 10.2. The minimum atomic E-state index is -3.86. The highest BCUT2D eigenvalue weighted by Crippen LogP contribution is 2.24. The first-order chi connectivity index (χ1) is 15.1. The number of aryl methyl sites for hydroxylation is 1. The van der Waals surface area contributed by atoms with Gasteiger partial charge in [0, 0.05) is 6.54 Å². The van der Waals surface area contributed by atoms with Crippen LogP contribution in [0.3, 0.4) is 0 Å². The average molecular weight is 487 g/mol. The molecule has 176 valence electrons. The molecule has 1 aliphatic rings. The molecule has 2 aromatic carbocycles. The summed E-state index contributed by atoms with van der Waals surface area (Å²) in [5.74, 6) is -0.645. The SMILES string of the molecule is Cc1ccccc1S(=O)(=O)N[C@H]1CC[C@H](CCNS(=O)(=O)c2cccc(F)c2)O[C@@H]1CO. The van der Waals surface area contributed by atoms with Gasteiger partial charge in [-0.05, 0) is 56.0 Å². The van der Waals surface area contributed by atoms with E-state index in [-0.39, 0.29) is 29.0 Å². The van der Waals surface area contributed by atoms with Crippen molar-refractivity contribution < 1.29 is 31.1 Å². The third-order valence-electron chi connectivity index (χ3n) is 5.35. The number of benzene rings is 2. The quantitative estimate of drug-likeness (QED) is 0.496. The summed E-state index contributed by atoms with van der Waals surface area (Å²) in [6, 6.07) is 10.7. The fourth-order valence-corrected chi connectivity index (χ4v) is 6.29. The number of nitrogens with one attached hydrogen (secondary N) is 2. The fourth-order valence-electron chi connectivity index (χ4n) is 3.67. The maximum Gasteiger partial charge on any atom is 0.241 e. The maximum absolute atomic E-state index is 13.3. The van der Waals surface area contributed by atoms with Gasteiger partial charge in [0.05, 0.1) is 34.6 Å². The van der Waals surface area contributed by atoms with E-state index >= 15 is 0 Å². The monoisotopic (exact) mass is 486 g/mol. The van der Waals surface area contributed by atoms with Crippen LogP contribution >= 0.6 is 0 Å². The van der Waals surface area contributed by atoms with E-state index in [1.54, 1.807) is 25.1 Å². The fraction of sp³-hybridized carbons (Fsp3) is 0.429. The highest BCUT2D eigenvalue weighted by molar-refractivity contribution is 7.89. The van der Waals surface area contributed by atoms with Crippen LogP contribution < -0.4 is 9.44 Å². The normalized spacial score (nSPS) is 22.0. The van der Waals surface area contributed by atoms with E-state index in [1.807, 2.05) is 0 Å². The lowest BCUT2D eigenvalue weighted by atomic mass is 9.98. The minimum absolute atomic E-state index is 0.0568. The van der Waals surface area contributed by atoms with Crippen molar-refractivity contribution in [2.45, 2.75) is 54.2 Å². The lowest BCUT2D eigenvalue weighted by Crippen LogP contribution is -2.51. The van der Waals surface area contributed by atoms with Crippen LogP contribution in [-0.4, -0.2) is 53.3 Å². The van der Waals surface area contributed by atoms with Crippen LogP contribution in [0.25, 0.3) is 0 Å². The van der Waals surface area contributed by atoms with Crippen LogP contribution in [0.15, 0.2) is 58.3 Å². The van der Waals surface area contributed by atoms with Gasteiger partial charge in [-0.3, -0.25) is 0 Å². The molecule has 2 aromatic rings. The molecule has 0 bridgehead atoms. The summed E-state index contributed by atoms with van der Waals surface area (Å²) < 4.78 is 74.2. The zero-order valence-corrected chi connectivity index (χ0v) is 19.2. The number of ether oxygens (including phenoxy) is 1. The van der Waals surface area contributed by atoms with E-state index in [0.717, 1.165) is 12.1 Å². The zero-order valence-electron chi connectivity index (χ0n) is 17.6. The summed E-state index contributed by atoms with van der Waals surface area (Å²) in [7, 11) is -7.64. The van der Waals surface area contributed by atoms with Crippen molar-refractivity contribution in [2.75, 3.05) is 13.2 Å². The number of sulfonamides is 2. The Labute approximate surface area is 187 Å². The number of rotatable bonds is 9. The van der Waals surface area contributed by atoms with Crippen molar-refractivity contribution in [3.63, 3.8) is 0 Å². The molecule has 1 aliphatic heterocycles. The van der Waals surface area contributed by atoms with Gasteiger partial charge in [0.25, 0.3) is 0 Å². The van der Waals surface area contributed by atoms with E-state index in [4.69, 9.17) is 4.74 Å². The van der Waals surface area contributed by atoms with Crippen LogP contribution in [0.2, 0.25) is 0 Å². The average Bonchev–Trinajstić information content (AvgIpc) is 2.74. The van der Waals surface area contributed by atoms with Crippen LogP contribution in [0.5, 0.6) is 0 Å². The van der Waals surface area contributed by atoms with E-state index in [2.05, 4.69) is 9.44 Å². The molecule has 0 spiro atoms. The number of hydrogen-bond donors (Lipinski definition) is 3. The van der Waals surface area contributed by atoms with E-state index in [9.17, 15) is 26.3 Å². The second-order valence-corrected chi connectivity index (χ2v) is 11.1. The summed E-state index contributed by atoms with van der Waals surface area (Å²) in [5.41, 5.74) is 0.612. The Morgan fingerprint density at radius 2 is 1.81 bits per heavy atom. The van der Waals surface area contributed by atoms with Gasteiger partial charge in [-0.2, -0.15) is 0 Å². The molecule has 32 heavy (non-hydrogen) atoms. The molecular formula is C21H27FN2O6S2. The molecule has 11 heteroatoms. The number of halogens is 1. The van der Waals surface area contributed by atoms with Crippen LogP contribution in [0.1, 0.15) is 24.8 Å². The largest absolute Gasteiger partial charge is 0.394 e. The van der Waals surface area contributed by atoms with Gasteiger partial charge in [-0.1, -0.05) is 24.3 Å². The first-order valence-corrected chi connectivity index (χ1v) is 13.2. The van der Waals surface area contributed by atoms with Crippen molar-refractivity contribution in [3.8, 4) is 0 Å². The summed E-state index contributed by atoms with van der Waals surface area (Å²) >= 11 is 0. The molecule has 8 nitrogen and oxygen atoms in total. The van der Waals surface area contributed by atoms with Gasteiger partial charge in [0.2, 0.25) is 20.0 Å². The lowest BCUT2D eigenvalue weighted by Gasteiger charge is -2.36. The smallest absolute Gasteiger partial charge is 0.241 e. The predicted octanol–water partition coefficient (Wildman–Crippen LogP) is 1.69. The van der Waals surface area contributed by atoms with Crippen LogP contribution in [0.4, 0.5) is 4.39 Å². The van der Waals surface area contributed by atoms with Crippen molar-refractivity contribution in [1.29, 1.82) is 0 Å². The maximum atomic E-state index is 13.3. The Kier molecular flexibility index (Phi) is 8.01. The molecule has 1 saturated heterocycles. The highest BCUT2D eigenvalue weighted by Gasteiger charge is 2.34. The Morgan fingerprint density at radius 3 is 2.50 bits per heavy atom. The van der Waals surface area contributed by atoms with Crippen molar-refractivity contribution >= 4 is 20.0 Å². The zero-order chi connectivity index (χ0) is 23.4. The Balaban J connectivity index is 1.56. The Hall–Kier alpha value is -1.89. The third-order valence-corrected chi connectivity index (χ3v) is 8.46. The van der Waals surface area contributed by atoms with Crippen molar-refractivity contribution in [3.05, 3.63) is 59.9 Å². The standard InChI is InChI=1S/C21H27FN2O6S2/c1-15-5-2-3-8-21(15)32(28,29)24-19-10-9-17(30-20(19)14-25)11-12-23-31(26,27)18-7-4-6-16(22)13-18/h2-8,13,17,19-20,23-25H,9-12,14H2,1H3/t17-,19+,20-/m1/s1. The van der Waals surface area contributed by atoms with Gasteiger partial charge in [-0.25, -0.2) is 30.7 Å². The first kappa shape index (κ1) is 24.7. The van der Waals surface area contributed by atoms with Gasteiger partial charge in [0.1, 0.15) is 5.82 Å². The van der Waals surface area contributed by atoms with Crippen LogP contribution in [-0.2, 0) is 24.8 Å². The van der Waals surface area contributed by atoms with Gasteiger partial charge in [0.15, 0.2) is 0 Å². The van der Waals surface area contributed by atoms with Crippen LogP contribution in [0, 0.1) is 12.7 Å². The summed E-state index contributed by atoms with van der Waals surface area (Å²) in [4.78, 5) is 0.00606. The summed E-state index contributed by atoms with van der Waals surface area (Å²) in [5, 5.41) is 9.72. The summed E-state index contributed by atoms with van der Waals surface area (Å²) in [6.45, 7) is 1.38. The Morgan fingerprint density at radius 1 is 1.06 bits per heavy atom. The number of hydrogen-bond acceptors (Lipinski definition) is 6. The van der Waals surface area contributed by atoms with E-state index in [1.165, 1.54) is 18.2 Å². The lowest BCUT2D eigenvalue weighted by molar-refractivity contribution is -0.0869. The van der Waals surface area contributed by atoms with E-state index < -0.39 is 38.0 Å². The summed E-state index contributed by atoms with van der Waals surface area (Å²) in [6.07, 6.45) is 0.119. The highest BCUT2D eigenvalue weighted by atomic mass is 32.2. The molecule has 1 fully saturated rings. The second-order valence-electron chi connectivity index (χ2n) is 7.69. The molecule has 0 aromatic heterocycles. The molecule has 3 atom stereocenters. The van der Waals surface area contributed by atoms with E-state index in [0.29, 0.717) is 24.8 Å². The van der Waals surface area contributed by atoms with Crippen molar-refractivity contribution in [1.82, 2.24) is 9.44 Å². The molecule has 0 saturated carbocycles.